The van der Waals surface area contributed by atoms with E-state index in [1.807, 2.05) is 0 Å². The van der Waals surface area contributed by atoms with Crippen molar-refractivity contribution in [2.45, 2.75) is 37.6 Å². The van der Waals surface area contributed by atoms with E-state index in [0.717, 1.165) is 0 Å². The molecule has 3 N–H and O–H groups in total. The van der Waals surface area contributed by atoms with Gasteiger partial charge in [0.05, 0.1) is 0 Å². The standard InChI is InChI=1S/C6H10F5NO/c1-2-3(12)4(13)5(7,8)6(9,10)11/h3-4,13H,2,12H2,1H3. The van der Waals surface area contributed by atoms with Gasteiger partial charge in [-0.25, -0.2) is 0 Å². The largest absolute Gasteiger partial charge is 0.456 e. The van der Waals surface area contributed by atoms with Gasteiger partial charge in [-0.05, 0) is 6.42 Å². The van der Waals surface area contributed by atoms with Crippen molar-refractivity contribution in [2.24, 2.45) is 5.73 Å². The number of hydrogen-bond donors (Lipinski definition) is 2. The van der Waals surface area contributed by atoms with E-state index >= 15 is 0 Å². The summed E-state index contributed by atoms with van der Waals surface area (Å²) in [5.41, 5.74) is 4.87. The first kappa shape index (κ1) is 12.6. The van der Waals surface area contributed by atoms with Gasteiger partial charge in [-0.1, -0.05) is 6.92 Å². The highest BCUT2D eigenvalue weighted by molar-refractivity contribution is 4.89. The van der Waals surface area contributed by atoms with Gasteiger partial charge in [0.2, 0.25) is 0 Å². The highest BCUT2D eigenvalue weighted by atomic mass is 19.4. The molecule has 2 nitrogen and oxygen atoms in total. The predicted molar refractivity (Wildman–Crippen MR) is 35.3 cm³/mol. The van der Waals surface area contributed by atoms with E-state index in [-0.39, 0.29) is 6.42 Å². The molecule has 13 heavy (non-hydrogen) atoms. The van der Waals surface area contributed by atoms with Crippen molar-refractivity contribution >= 4 is 0 Å². The van der Waals surface area contributed by atoms with E-state index in [1.54, 1.807) is 0 Å². The van der Waals surface area contributed by atoms with Gasteiger partial charge in [0.25, 0.3) is 0 Å². The maximum Gasteiger partial charge on any atom is 0.456 e. The van der Waals surface area contributed by atoms with Gasteiger partial charge in [-0.3, -0.25) is 0 Å². The number of alkyl halides is 5. The molecule has 0 heterocycles. The lowest BCUT2D eigenvalue weighted by atomic mass is 10.0. The van der Waals surface area contributed by atoms with E-state index in [9.17, 15) is 22.0 Å². The lowest BCUT2D eigenvalue weighted by Crippen LogP contribution is -2.54. The summed E-state index contributed by atoms with van der Waals surface area (Å²) in [5, 5.41) is 8.59. The van der Waals surface area contributed by atoms with E-state index in [2.05, 4.69) is 0 Å². The molecular weight excluding hydrogens is 197 g/mol. The van der Waals surface area contributed by atoms with Crippen LogP contribution in [0, 0.1) is 0 Å². The van der Waals surface area contributed by atoms with Crippen molar-refractivity contribution in [3.05, 3.63) is 0 Å². The van der Waals surface area contributed by atoms with Gasteiger partial charge in [-0.2, -0.15) is 22.0 Å². The molecule has 2 atom stereocenters. The summed E-state index contributed by atoms with van der Waals surface area (Å²) in [7, 11) is 0. The van der Waals surface area contributed by atoms with Gasteiger partial charge in [0, 0.05) is 6.04 Å². The fourth-order valence-corrected chi connectivity index (χ4v) is 0.660. The summed E-state index contributed by atoms with van der Waals surface area (Å²) in [6.45, 7) is 1.31. The minimum absolute atomic E-state index is 0.160. The molecule has 0 aliphatic heterocycles. The van der Waals surface area contributed by atoms with Crippen LogP contribution in [-0.4, -0.2) is 29.4 Å². The lowest BCUT2D eigenvalue weighted by molar-refractivity contribution is -0.315. The van der Waals surface area contributed by atoms with Gasteiger partial charge in [0.15, 0.2) is 0 Å². The average Bonchev–Trinajstić information content (AvgIpc) is 1.99. The molecule has 0 aromatic carbocycles. The number of halogens is 5. The summed E-state index contributed by atoms with van der Waals surface area (Å²) in [6, 6.07) is -1.59. The lowest BCUT2D eigenvalue weighted by Gasteiger charge is -2.28. The number of nitrogens with two attached hydrogens (primary N) is 1. The fourth-order valence-electron chi connectivity index (χ4n) is 0.660. The molecule has 80 valence electrons. The quantitative estimate of drug-likeness (QED) is 0.685. The second-order valence-electron chi connectivity index (χ2n) is 2.64. The molecule has 7 heteroatoms. The Balaban J connectivity index is 4.63. The molecule has 0 radical (unpaired) electrons. The van der Waals surface area contributed by atoms with E-state index in [4.69, 9.17) is 10.8 Å². The summed E-state index contributed by atoms with van der Waals surface area (Å²) < 4.78 is 59.5. The van der Waals surface area contributed by atoms with Gasteiger partial charge in [-0.15, -0.1) is 0 Å². The summed E-state index contributed by atoms with van der Waals surface area (Å²) in [6.07, 6.45) is -8.82. The maximum absolute atomic E-state index is 12.3. The Morgan fingerprint density at radius 1 is 1.23 bits per heavy atom. The molecule has 0 saturated heterocycles. The number of rotatable bonds is 3. The molecule has 0 rings (SSSR count). The zero-order chi connectivity index (χ0) is 10.9. The Labute approximate surface area is 71.5 Å². The van der Waals surface area contributed by atoms with Crippen LogP contribution in [0.2, 0.25) is 0 Å². The molecular formula is C6H10F5NO. The Morgan fingerprint density at radius 3 is 1.85 bits per heavy atom. The molecule has 2 unspecified atom stereocenters. The minimum Gasteiger partial charge on any atom is -0.385 e. The van der Waals surface area contributed by atoms with Gasteiger partial charge >= 0.3 is 12.1 Å². The highest BCUT2D eigenvalue weighted by Crippen LogP contribution is 2.39. The fraction of sp³-hybridized carbons (Fsp3) is 1.00. The monoisotopic (exact) mass is 207 g/mol. The molecule has 0 fully saturated rings. The molecule has 0 bridgehead atoms. The Hall–Kier alpha value is -0.430. The Bertz CT molecular complexity index is 169. The van der Waals surface area contributed by atoms with Crippen molar-refractivity contribution in [2.75, 3.05) is 0 Å². The van der Waals surface area contributed by atoms with Crippen LogP contribution in [0.1, 0.15) is 13.3 Å². The minimum atomic E-state index is -5.76. The predicted octanol–water partition coefficient (Wildman–Crippen LogP) is 1.28. The maximum atomic E-state index is 12.3. The van der Waals surface area contributed by atoms with Crippen LogP contribution in [-0.2, 0) is 0 Å². The van der Waals surface area contributed by atoms with E-state index in [1.165, 1.54) is 6.92 Å². The van der Waals surface area contributed by atoms with Gasteiger partial charge in [0.1, 0.15) is 6.10 Å². The smallest absolute Gasteiger partial charge is 0.385 e. The molecule has 0 spiro atoms. The molecule has 0 aliphatic carbocycles. The number of aliphatic hydroxyl groups excluding tert-OH is 1. The second-order valence-corrected chi connectivity index (χ2v) is 2.64. The van der Waals surface area contributed by atoms with Crippen molar-refractivity contribution in [1.82, 2.24) is 0 Å². The van der Waals surface area contributed by atoms with E-state index in [0.29, 0.717) is 0 Å². The molecule has 0 saturated carbocycles. The third-order valence-electron chi connectivity index (χ3n) is 1.63. The summed E-state index contributed by atoms with van der Waals surface area (Å²) in [5.74, 6) is -5.15. The van der Waals surface area contributed by atoms with Crippen LogP contribution in [0.25, 0.3) is 0 Å². The normalized spacial score (nSPS) is 18.5. The topological polar surface area (TPSA) is 46.2 Å². The van der Waals surface area contributed by atoms with Crippen molar-refractivity contribution in [1.29, 1.82) is 0 Å². The first-order chi connectivity index (χ1) is 5.64. The SMILES string of the molecule is CCC(N)C(O)C(F)(F)C(F)(F)F. The average molecular weight is 207 g/mol. The van der Waals surface area contributed by atoms with Crippen LogP contribution in [0.5, 0.6) is 0 Å². The molecule has 0 aromatic rings. The Kier molecular flexibility index (Phi) is 3.62. The summed E-state index contributed by atoms with van der Waals surface area (Å²) >= 11 is 0. The molecule has 0 aromatic heterocycles. The zero-order valence-electron chi connectivity index (χ0n) is 6.78. The Morgan fingerprint density at radius 2 is 1.62 bits per heavy atom. The third kappa shape index (κ3) is 2.50. The second kappa shape index (κ2) is 3.75. The van der Waals surface area contributed by atoms with Gasteiger partial charge < -0.3 is 10.8 Å². The zero-order valence-corrected chi connectivity index (χ0v) is 6.78. The molecule has 0 amide bonds. The summed E-state index contributed by atoms with van der Waals surface area (Å²) in [4.78, 5) is 0. The van der Waals surface area contributed by atoms with Crippen molar-refractivity contribution in [3.8, 4) is 0 Å². The van der Waals surface area contributed by atoms with Crippen molar-refractivity contribution in [3.63, 3.8) is 0 Å². The number of aliphatic hydroxyl groups is 1. The first-order valence-corrected chi connectivity index (χ1v) is 3.52. The van der Waals surface area contributed by atoms with E-state index < -0.39 is 24.2 Å². The third-order valence-corrected chi connectivity index (χ3v) is 1.63. The van der Waals surface area contributed by atoms with Crippen LogP contribution in [0.3, 0.4) is 0 Å². The number of hydrogen-bond acceptors (Lipinski definition) is 2. The van der Waals surface area contributed by atoms with Crippen molar-refractivity contribution < 1.29 is 27.1 Å². The van der Waals surface area contributed by atoms with Crippen LogP contribution >= 0.6 is 0 Å². The first-order valence-electron chi connectivity index (χ1n) is 3.52. The van der Waals surface area contributed by atoms with Crippen LogP contribution in [0.4, 0.5) is 22.0 Å². The van der Waals surface area contributed by atoms with Crippen LogP contribution < -0.4 is 5.73 Å². The molecule has 0 aliphatic rings. The highest BCUT2D eigenvalue weighted by Gasteiger charge is 2.63. The van der Waals surface area contributed by atoms with Crippen LogP contribution in [0.15, 0.2) is 0 Å².